The Labute approximate surface area is 78.5 Å². The SMILES string of the molecule is CC(=O)NCCSC(C)CCN. The molecule has 0 rings (SSSR count). The first-order valence-electron chi connectivity index (χ1n) is 4.23. The first-order chi connectivity index (χ1) is 5.66. The second-order valence-corrected chi connectivity index (χ2v) is 4.29. The first-order valence-corrected chi connectivity index (χ1v) is 5.27. The highest BCUT2D eigenvalue weighted by Crippen LogP contribution is 2.11. The molecule has 0 saturated heterocycles. The maximum Gasteiger partial charge on any atom is 0.216 e. The summed E-state index contributed by atoms with van der Waals surface area (Å²) < 4.78 is 0. The lowest BCUT2D eigenvalue weighted by molar-refractivity contribution is -0.118. The predicted molar refractivity (Wildman–Crippen MR) is 54.3 cm³/mol. The normalized spacial score (nSPS) is 12.6. The summed E-state index contributed by atoms with van der Waals surface area (Å²) in [5, 5.41) is 3.35. The Bertz CT molecular complexity index is 130. The molecule has 12 heavy (non-hydrogen) atoms. The number of carbonyl (C=O) groups is 1. The van der Waals surface area contributed by atoms with Crippen LogP contribution in [0.5, 0.6) is 0 Å². The molecule has 3 N–H and O–H groups in total. The summed E-state index contributed by atoms with van der Waals surface area (Å²) in [5.74, 6) is 1.02. The van der Waals surface area contributed by atoms with Gasteiger partial charge in [-0.25, -0.2) is 0 Å². The van der Waals surface area contributed by atoms with E-state index in [0.29, 0.717) is 5.25 Å². The van der Waals surface area contributed by atoms with Crippen molar-refractivity contribution in [3.8, 4) is 0 Å². The van der Waals surface area contributed by atoms with Crippen LogP contribution in [0.1, 0.15) is 20.3 Å². The fourth-order valence-corrected chi connectivity index (χ4v) is 1.73. The van der Waals surface area contributed by atoms with Crippen molar-refractivity contribution in [2.75, 3.05) is 18.8 Å². The topological polar surface area (TPSA) is 55.1 Å². The van der Waals surface area contributed by atoms with Crippen LogP contribution in [-0.2, 0) is 4.79 Å². The molecule has 0 aliphatic heterocycles. The summed E-state index contributed by atoms with van der Waals surface area (Å²) in [6, 6.07) is 0. The second kappa shape index (κ2) is 7.43. The van der Waals surface area contributed by atoms with E-state index in [2.05, 4.69) is 12.2 Å². The number of thioether (sulfide) groups is 1. The number of rotatable bonds is 6. The van der Waals surface area contributed by atoms with Gasteiger partial charge in [-0.1, -0.05) is 6.92 Å². The summed E-state index contributed by atoms with van der Waals surface area (Å²) in [6.07, 6.45) is 1.05. The minimum atomic E-state index is 0.0436. The summed E-state index contributed by atoms with van der Waals surface area (Å²) in [4.78, 5) is 10.5. The van der Waals surface area contributed by atoms with Crippen molar-refractivity contribution in [1.82, 2.24) is 5.32 Å². The van der Waals surface area contributed by atoms with Gasteiger partial charge in [0.15, 0.2) is 0 Å². The van der Waals surface area contributed by atoms with Gasteiger partial charge in [0, 0.05) is 24.5 Å². The van der Waals surface area contributed by atoms with Gasteiger partial charge >= 0.3 is 0 Å². The second-order valence-electron chi connectivity index (χ2n) is 2.74. The Morgan fingerprint density at radius 3 is 2.83 bits per heavy atom. The Morgan fingerprint density at radius 1 is 1.67 bits per heavy atom. The van der Waals surface area contributed by atoms with E-state index in [0.717, 1.165) is 25.3 Å². The quantitative estimate of drug-likeness (QED) is 0.603. The zero-order valence-corrected chi connectivity index (χ0v) is 8.62. The van der Waals surface area contributed by atoms with Gasteiger partial charge in [-0.2, -0.15) is 11.8 Å². The van der Waals surface area contributed by atoms with Gasteiger partial charge in [-0.05, 0) is 13.0 Å². The van der Waals surface area contributed by atoms with Crippen molar-refractivity contribution in [3.63, 3.8) is 0 Å². The third-order valence-corrected chi connectivity index (χ3v) is 2.70. The summed E-state index contributed by atoms with van der Waals surface area (Å²) in [7, 11) is 0. The molecule has 3 nitrogen and oxygen atoms in total. The number of hydrogen-bond donors (Lipinski definition) is 2. The molecule has 0 aromatic rings. The Hall–Kier alpha value is -0.220. The van der Waals surface area contributed by atoms with E-state index in [1.165, 1.54) is 6.92 Å². The van der Waals surface area contributed by atoms with Gasteiger partial charge in [0.1, 0.15) is 0 Å². The lowest BCUT2D eigenvalue weighted by Gasteiger charge is -2.09. The molecular formula is C8H18N2OS. The monoisotopic (exact) mass is 190 g/mol. The predicted octanol–water partition coefficient (Wildman–Crippen LogP) is 0.593. The van der Waals surface area contributed by atoms with Gasteiger partial charge in [0.05, 0.1) is 0 Å². The molecule has 0 spiro atoms. The fraction of sp³-hybridized carbons (Fsp3) is 0.875. The van der Waals surface area contributed by atoms with Crippen LogP contribution in [-0.4, -0.2) is 30.0 Å². The van der Waals surface area contributed by atoms with Crippen LogP contribution in [0.25, 0.3) is 0 Å². The molecule has 1 unspecified atom stereocenters. The Morgan fingerprint density at radius 2 is 2.33 bits per heavy atom. The smallest absolute Gasteiger partial charge is 0.216 e. The molecule has 0 saturated carbocycles. The van der Waals surface area contributed by atoms with Crippen molar-refractivity contribution < 1.29 is 4.79 Å². The van der Waals surface area contributed by atoms with Crippen LogP contribution >= 0.6 is 11.8 Å². The van der Waals surface area contributed by atoms with Crippen LogP contribution in [0.3, 0.4) is 0 Å². The first kappa shape index (κ1) is 11.8. The molecule has 0 aliphatic carbocycles. The maximum absolute atomic E-state index is 10.5. The van der Waals surface area contributed by atoms with E-state index in [1.807, 2.05) is 11.8 Å². The summed E-state index contributed by atoms with van der Waals surface area (Å²) in [5.41, 5.74) is 5.40. The van der Waals surface area contributed by atoms with Gasteiger partial charge < -0.3 is 11.1 Å². The number of hydrogen-bond acceptors (Lipinski definition) is 3. The number of nitrogens with one attached hydrogen (secondary N) is 1. The molecule has 1 atom stereocenters. The maximum atomic E-state index is 10.5. The van der Waals surface area contributed by atoms with Gasteiger partial charge in [0.25, 0.3) is 0 Å². The molecule has 0 bridgehead atoms. The van der Waals surface area contributed by atoms with Crippen molar-refractivity contribution in [2.24, 2.45) is 5.73 Å². The third kappa shape index (κ3) is 7.88. The van der Waals surface area contributed by atoms with Crippen molar-refractivity contribution in [2.45, 2.75) is 25.5 Å². The van der Waals surface area contributed by atoms with E-state index < -0.39 is 0 Å². The highest BCUT2D eigenvalue weighted by Gasteiger charge is 2.00. The average molecular weight is 190 g/mol. The average Bonchev–Trinajstić information content (AvgIpc) is 1.98. The number of carbonyl (C=O) groups excluding carboxylic acids is 1. The van der Waals surface area contributed by atoms with Crippen LogP contribution in [0.2, 0.25) is 0 Å². The molecule has 0 aliphatic rings. The minimum Gasteiger partial charge on any atom is -0.356 e. The zero-order valence-electron chi connectivity index (χ0n) is 7.80. The Balaban J connectivity index is 3.13. The van der Waals surface area contributed by atoms with Gasteiger partial charge in [0.2, 0.25) is 5.91 Å². The fourth-order valence-electron chi connectivity index (χ4n) is 0.805. The van der Waals surface area contributed by atoms with Crippen LogP contribution in [0, 0.1) is 0 Å². The highest BCUT2D eigenvalue weighted by molar-refractivity contribution is 7.99. The van der Waals surface area contributed by atoms with Crippen molar-refractivity contribution >= 4 is 17.7 Å². The molecule has 0 aromatic carbocycles. The highest BCUT2D eigenvalue weighted by atomic mass is 32.2. The largest absolute Gasteiger partial charge is 0.356 e. The molecule has 0 aromatic heterocycles. The van der Waals surface area contributed by atoms with Crippen molar-refractivity contribution in [1.29, 1.82) is 0 Å². The Kier molecular flexibility index (Phi) is 7.29. The number of amides is 1. The van der Waals surface area contributed by atoms with Crippen LogP contribution in [0.4, 0.5) is 0 Å². The minimum absolute atomic E-state index is 0.0436. The summed E-state index contributed by atoms with van der Waals surface area (Å²) >= 11 is 1.85. The lowest BCUT2D eigenvalue weighted by Crippen LogP contribution is -2.23. The van der Waals surface area contributed by atoms with E-state index in [4.69, 9.17) is 5.73 Å². The van der Waals surface area contributed by atoms with Crippen molar-refractivity contribution in [3.05, 3.63) is 0 Å². The number of nitrogens with two attached hydrogens (primary N) is 1. The third-order valence-electron chi connectivity index (χ3n) is 1.45. The standard InChI is InChI=1S/C8H18N2OS/c1-7(3-4-9)12-6-5-10-8(2)11/h7H,3-6,9H2,1-2H3,(H,10,11). The molecule has 0 fully saturated rings. The van der Waals surface area contributed by atoms with Crippen LogP contribution in [0.15, 0.2) is 0 Å². The van der Waals surface area contributed by atoms with Crippen LogP contribution < -0.4 is 11.1 Å². The molecule has 4 heteroatoms. The summed E-state index contributed by atoms with van der Waals surface area (Å²) in [6.45, 7) is 5.20. The van der Waals surface area contributed by atoms with Gasteiger partial charge in [-0.15, -0.1) is 0 Å². The molecule has 1 amide bonds. The lowest BCUT2D eigenvalue weighted by atomic mass is 10.3. The molecule has 72 valence electrons. The van der Waals surface area contributed by atoms with E-state index in [-0.39, 0.29) is 5.91 Å². The van der Waals surface area contributed by atoms with E-state index in [9.17, 15) is 4.79 Å². The molecule has 0 radical (unpaired) electrons. The molecular weight excluding hydrogens is 172 g/mol. The zero-order chi connectivity index (χ0) is 9.40. The van der Waals surface area contributed by atoms with Gasteiger partial charge in [-0.3, -0.25) is 4.79 Å². The molecule has 0 heterocycles. The van der Waals surface area contributed by atoms with E-state index in [1.54, 1.807) is 0 Å². The van der Waals surface area contributed by atoms with E-state index >= 15 is 0 Å².